The van der Waals surface area contributed by atoms with Crippen LogP contribution in [0.1, 0.15) is 251 Å². The summed E-state index contributed by atoms with van der Waals surface area (Å²) < 4.78 is 33.5. The Kier molecular flexibility index (Phi) is 44.7. The molecule has 0 aromatic heterocycles. The van der Waals surface area contributed by atoms with Gasteiger partial charge in [-0.2, -0.15) is 0 Å². The van der Waals surface area contributed by atoms with Crippen LogP contribution < -0.4 is 5.73 Å². The summed E-state index contributed by atoms with van der Waals surface area (Å²) in [6.45, 7) is 3.91. The highest BCUT2D eigenvalue weighted by atomic mass is 31.2. The van der Waals surface area contributed by atoms with E-state index in [4.69, 9.17) is 29.4 Å². The van der Waals surface area contributed by atoms with Crippen LogP contribution in [-0.4, -0.2) is 60.5 Å². The predicted molar refractivity (Wildman–Crippen MR) is 249 cm³/mol. The molecule has 0 aliphatic heterocycles. The first-order chi connectivity index (χ1) is 29.2. The van der Waals surface area contributed by atoms with Crippen LogP contribution in [0.5, 0.6) is 0 Å². The fourth-order valence-corrected chi connectivity index (χ4v) is 8.14. The van der Waals surface area contributed by atoms with Crippen molar-refractivity contribution >= 4 is 19.8 Å². The van der Waals surface area contributed by atoms with Crippen molar-refractivity contribution in [1.29, 1.82) is 0 Å². The van der Waals surface area contributed by atoms with Crippen LogP contribution in [0.2, 0.25) is 0 Å². The Morgan fingerprint density at radius 3 is 1.27 bits per heavy atom. The molecule has 0 saturated heterocycles. The summed E-state index contributed by atoms with van der Waals surface area (Å²) in [5.41, 5.74) is 5.37. The summed E-state index contributed by atoms with van der Waals surface area (Å²) in [5.74, 6) is -1.78. The van der Waals surface area contributed by atoms with E-state index in [1.165, 1.54) is 173 Å². The Morgan fingerprint density at radius 2 is 0.867 bits per heavy atom. The number of carbonyl (C=O) groups excluding carboxylic acids is 1. The van der Waals surface area contributed by atoms with Gasteiger partial charge in [0.15, 0.2) is 0 Å². The summed E-state index contributed by atoms with van der Waals surface area (Å²) in [4.78, 5) is 33.6. The second-order valence-corrected chi connectivity index (χ2v) is 18.8. The highest BCUT2D eigenvalue weighted by Crippen LogP contribution is 2.43. The number of hydrogen-bond acceptors (Lipinski definition) is 8. The molecule has 0 spiro atoms. The van der Waals surface area contributed by atoms with Gasteiger partial charge < -0.3 is 25.2 Å². The van der Waals surface area contributed by atoms with Crippen molar-refractivity contribution in [1.82, 2.24) is 0 Å². The van der Waals surface area contributed by atoms with Crippen molar-refractivity contribution in [2.75, 3.05) is 26.4 Å². The van der Waals surface area contributed by atoms with E-state index in [9.17, 15) is 19.0 Å². The molecule has 3 atom stereocenters. The van der Waals surface area contributed by atoms with Crippen molar-refractivity contribution in [3.8, 4) is 0 Å². The zero-order valence-electron chi connectivity index (χ0n) is 39.1. The molecule has 0 fully saturated rings. The van der Waals surface area contributed by atoms with Crippen LogP contribution in [0.15, 0.2) is 12.2 Å². The number of carboxylic acid groups (broad SMARTS) is 1. The number of ether oxygens (including phenoxy) is 2. The van der Waals surface area contributed by atoms with Crippen LogP contribution in [0.3, 0.4) is 0 Å². The molecule has 356 valence electrons. The molecular weight excluding hydrogens is 778 g/mol. The van der Waals surface area contributed by atoms with E-state index in [-0.39, 0.29) is 13.0 Å². The average molecular weight is 874 g/mol. The SMILES string of the molecule is CCCCCCC/C=C\CCCCCCCC(=O)OC(COCCCCCCCCCCCCCCCCCCCCCCCCCC)COP(=O)(O)OCC(N)C(=O)O. The second-order valence-electron chi connectivity index (χ2n) is 17.3. The maximum Gasteiger partial charge on any atom is 0.472 e. The highest BCUT2D eigenvalue weighted by molar-refractivity contribution is 7.47. The lowest BCUT2D eigenvalue weighted by atomic mass is 10.0. The number of phosphoric ester groups is 1. The molecule has 0 radical (unpaired) electrons. The lowest BCUT2D eigenvalue weighted by molar-refractivity contribution is -0.154. The standard InChI is InChI=1S/C49H96NO9P/c1-3-5-7-9-11-13-15-17-19-20-21-22-23-24-25-26-27-28-30-32-34-36-38-40-42-56-43-46(44-57-60(54,55)58-45-47(50)49(52)53)59-48(51)41-39-37-35-33-31-29-18-16-14-12-10-8-6-4-2/h16,18,46-47H,3-15,17,19-45,50H2,1-2H3,(H,52,53)(H,54,55)/b18-16-. The molecule has 0 rings (SSSR count). The van der Waals surface area contributed by atoms with E-state index < -0.39 is 45.1 Å². The third-order valence-corrected chi connectivity index (χ3v) is 12.2. The van der Waals surface area contributed by atoms with Crippen LogP contribution in [0, 0.1) is 0 Å². The molecule has 0 saturated carbocycles. The number of nitrogens with two attached hydrogens (primary N) is 1. The number of esters is 1. The zero-order chi connectivity index (χ0) is 44.0. The third kappa shape index (κ3) is 44.8. The van der Waals surface area contributed by atoms with Gasteiger partial charge in [-0.05, 0) is 38.5 Å². The lowest BCUT2D eigenvalue weighted by Crippen LogP contribution is -2.34. The van der Waals surface area contributed by atoms with Gasteiger partial charge in [-0.3, -0.25) is 18.6 Å². The van der Waals surface area contributed by atoms with E-state index in [0.29, 0.717) is 13.0 Å². The van der Waals surface area contributed by atoms with Crippen LogP contribution in [0.25, 0.3) is 0 Å². The van der Waals surface area contributed by atoms with Gasteiger partial charge >= 0.3 is 19.8 Å². The van der Waals surface area contributed by atoms with Gasteiger partial charge in [-0.1, -0.05) is 219 Å². The summed E-state index contributed by atoms with van der Waals surface area (Å²) >= 11 is 0. The number of carboxylic acids is 1. The number of allylic oxidation sites excluding steroid dienone is 2. The third-order valence-electron chi connectivity index (χ3n) is 11.3. The van der Waals surface area contributed by atoms with Gasteiger partial charge in [-0.15, -0.1) is 0 Å². The first-order valence-corrected chi connectivity index (χ1v) is 26.7. The van der Waals surface area contributed by atoms with Gasteiger partial charge in [0.25, 0.3) is 0 Å². The summed E-state index contributed by atoms with van der Waals surface area (Å²) in [6.07, 6.45) is 49.9. The maximum atomic E-state index is 12.6. The van der Waals surface area contributed by atoms with Crippen molar-refractivity contribution in [3.05, 3.63) is 12.2 Å². The van der Waals surface area contributed by atoms with Crippen molar-refractivity contribution in [2.24, 2.45) is 5.73 Å². The number of rotatable bonds is 49. The average Bonchev–Trinajstić information content (AvgIpc) is 3.23. The minimum atomic E-state index is -4.62. The smallest absolute Gasteiger partial charge is 0.472 e. The molecule has 60 heavy (non-hydrogen) atoms. The van der Waals surface area contributed by atoms with E-state index in [1.54, 1.807) is 0 Å². The van der Waals surface area contributed by atoms with Crippen molar-refractivity contribution in [3.63, 3.8) is 0 Å². The minimum Gasteiger partial charge on any atom is -0.480 e. The fraction of sp³-hybridized carbons (Fsp3) is 0.918. The molecule has 0 aliphatic carbocycles. The topological polar surface area (TPSA) is 155 Å². The summed E-state index contributed by atoms with van der Waals surface area (Å²) in [5, 5.41) is 8.91. The minimum absolute atomic E-state index is 0.0198. The van der Waals surface area contributed by atoms with E-state index >= 15 is 0 Å². The predicted octanol–water partition coefficient (Wildman–Crippen LogP) is 14.5. The van der Waals surface area contributed by atoms with Crippen LogP contribution in [-0.2, 0) is 32.7 Å². The van der Waals surface area contributed by atoms with Crippen molar-refractivity contribution < 1.29 is 42.7 Å². The molecule has 10 nitrogen and oxygen atoms in total. The second kappa shape index (κ2) is 45.7. The maximum absolute atomic E-state index is 12.6. The van der Waals surface area contributed by atoms with E-state index in [2.05, 4.69) is 26.0 Å². The Balaban J connectivity index is 4.05. The van der Waals surface area contributed by atoms with Gasteiger partial charge in [0, 0.05) is 13.0 Å². The van der Waals surface area contributed by atoms with Gasteiger partial charge in [0.05, 0.1) is 19.8 Å². The molecule has 0 aliphatic rings. The molecule has 0 amide bonds. The number of hydrogen-bond donors (Lipinski definition) is 3. The quantitative estimate of drug-likeness (QED) is 0.0233. The molecule has 0 heterocycles. The van der Waals surface area contributed by atoms with Gasteiger partial charge in [0.2, 0.25) is 0 Å². The monoisotopic (exact) mass is 874 g/mol. The Hall–Kier alpha value is -1.29. The normalized spacial score (nSPS) is 13.8. The molecule has 0 aromatic rings. The largest absolute Gasteiger partial charge is 0.480 e. The zero-order valence-corrected chi connectivity index (χ0v) is 40.0. The molecule has 0 bridgehead atoms. The first kappa shape index (κ1) is 58.7. The van der Waals surface area contributed by atoms with E-state index in [0.717, 1.165) is 51.4 Å². The Labute approximate surface area is 369 Å². The number of unbranched alkanes of at least 4 members (excludes halogenated alkanes) is 33. The lowest BCUT2D eigenvalue weighted by Gasteiger charge is -2.20. The molecular formula is C49H96NO9P. The van der Waals surface area contributed by atoms with Crippen molar-refractivity contribution in [2.45, 2.75) is 264 Å². The number of carbonyl (C=O) groups is 2. The molecule has 3 unspecified atom stereocenters. The molecule has 11 heteroatoms. The first-order valence-electron chi connectivity index (χ1n) is 25.2. The Morgan fingerprint density at radius 1 is 0.517 bits per heavy atom. The fourth-order valence-electron chi connectivity index (χ4n) is 7.37. The molecule has 0 aromatic carbocycles. The van der Waals surface area contributed by atoms with Crippen LogP contribution >= 0.6 is 7.82 Å². The summed E-state index contributed by atoms with van der Waals surface area (Å²) in [7, 11) is -4.62. The number of phosphoric acid groups is 1. The number of aliphatic carboxylic acids is 1. The van der Waals surface area contributed by atoms with E-state index in [1.807, 2.05) is 0 Å². The van der Waals surface area contributed by atoms with Gasteiger partial charge in [0.1, 0.15) is 12.1 Å². The van der Waals surface area contributed by atoms with Gasteiger partial charge in [-0.25, -0.2) is 4.57 Å². The Bertz CT molecular complexity index is 1010. The molecule has 4 N–H and O–H groups in total. The highest BCUT2D eigenvalue weighted by Gasteiger charge is 2.27. The van der Waals surface area contributed by atoms with Crippen LogP contribution in [0.4, 0.5) is 0 Å². The summed E-state index contributed by atoms with van der Waals surface area (Å²) in [6, 6.07) is -1.47.